The van der Waals surface area contributed by atoms with Gasteiger partial charge in [-0.05, 0) is 101 Å². The second-order valence-corrected chi connectivity index (χ2v) is 14.8. The van der Waals surface area contributed by atoms with Crippen LogP contribution in [0.3, 0.4) is 0 Å². The fraction of sp³-hybridized carbons (Fsp3) is 0.316. The molecule has 0 aliphatic carbocycles. The molecule has 3 aromatic carbocycles. The summed E-state index contributed by atoms with van der Waals surface area (Å²) < 4.78 is 13.4. The molecule has 3 aromatic heterocycles. The van der Waals surface area contributed by atoms with Gasteiger partial charge in [0.2, 0.25) is 0 Å². The quantitative estimate of drug-likeness (QED) is 0.153. The lowest BCUT2D eigenvalue weighted by Crippen LogP contribution is -2.42. The average molecular weight is 748 g/mol. The lowest BCUT2D eigenvalue weighted by atomic mass is 9.98. The molecule has 48 heavy (non-hydrogen) atoms. The molecule has 1 amide bonds. The zero-order valence-electron chi connectivity index (χ0n) is 28.2. The van der Waals surface area contributed by atoms with Crippen LogP contribution >= 0.6 is 39.1 Å². The molecule has 0 unspecified atom stereocenters. The van der Waals surface area contributed by atoms with Crippen molar-refractivity contribution in [2.45, 2.75) is 53.5 Å². The normalized spacial score (nSPS) is 14.8. The maximum Gasteiger partial charge on any atom is 0.275 e. The smallest absolute Gasteiger partial charge is 0.275 e. The van der Waals surface area contributed by atoms with Crippen LogP contribution in [0.4, 0.5) is 5.69 Å². The first-order valence-corrected chi connectivity index (χ1v) is 17.7. The van der Waals surface area contributed by atoms with Crippen LogP contribution in [-0.4, -0.2) is 38.0 Å². The van der Waals surface area contributed by atoms with Gasteiger partial charge in [-0.25, -0.2) is 0 Å². The molecule has 7 rings (SSSR count). The predicted octanol–water partition coefficient (Wildman–Crippen LogP) is 10.1. The zero-order chi connectivity index (χ0) is 34.2. The van der Waals surface area contributed by atoms with Crippen LogP contribution in [0, 0.1) is 27.7 Å². The lowest BCUT2D eigenvalue weighted by molar-refractivity contribution is 0.0957. The molecule has 6 aromatic rings. The Kier molecular flexibility index (Phi) is 8.41. The predicted molar refractivity (Wildman–Crippen MR) is 200 cm³/mol. The van der Waals surface area contributed by atoms with E-state index in [1.165, 1.54) is 0 Å². The highest BCUT2D eigenvalue weighted by Crippen LogP contribution is 2.45. The fourth-order valence-electron chi connectivity index (χ4n) is 7.50. The molecule has 0 bridgehead atoms. The van der Waals surface area contributed by atoms with E-state index in [4.69, 9.17) is 33.0 Å². The number of rotatable bonds is 7. The monoisotopic (exact) mass is 745 g/mol. The van der Waals surface area contributed by atoms with Gasteiger partial charge in [-0.1, -0.05) is 45.2 Å². The van der Waals surface area contributed by atoms with Crippen LogP contribution in [0.1, 0.15) is 58.0 Å². The summed E-state index contributed by atoms with van der Waals surface area (Å²) >= 11 is 17.1. The third-order valence-corrected chi connectivity index (χ3v) is 11.2. The van der Waals surface area contributed by atoms with Gasteiger partial charge >= 0.3 is 0 Å². The van der Waals surface area contributed by atoms with Crippen molar-refractivity contribution in [1.82, 2.24) is 18.9 Å². The molecule has 0 spiro atoms. The minimum Gasteiger partial charge on any atom is -0.494 e. The van der Waals surface area contributed by atoms with Crippen LogP contribution < -0.4 is 9.64 Å². The van der Waals surface area contributed by atoms with Crippen molar-refractivity contribution in [3.05, 3.63) is 97.0 Å². The molecule has 0 saturated heterocycles. The number of carbonyl (C=O) groups excluding carboxylic acids is 1. The number of anilines is 1. The maximum atomic E-state index is 14.9. The Bertz CT molecular complexity index is 2260. The van der Waals surface area contributed by atoms with E-state index in [1.807, 2.05) is 68.7 Å². The van der Waals surface area contributed by atoms with Gasteiger partial charge in [0, 0.05) is 75.5 Å². The number of hydrogen-bond donors (Lipinski definition) is 0. The number of nitrogens with zero attached hydrogens (tertiary/aromatic N) is 5. The maximum absolute atomic E-state index is 14.9. The summed E-state index contributed by atoms with van der Waals surface area (Å²) in [7, 11) is 3.98. The Morgan fingerprint density at radius 1 is 0.979 bits per heavy atom. The Balaban J connectivity index is 1.37. The molecule has 10 heteroatoms. The van der Waals surface area contributed by atoms with Crippen LogP contribution in [-0.2, 0) is 20.5 Å². The van der Waals surface area contributed by atoms with Gasteiger partial charge in [0.05, 0.1) is 28.5 Å². The second kappa shape index (κ2) is 12.3. The van der Waals surface area contributed by atoms with Crippen LogP contribution in [0.5, 0.6) is 5.75 Å². The lowest BCUT2D eigenvalue weighted by Gasteiger charge is -2.34. The van der Waals surface area contributed by atoms with E-state index >= 15 is 0 Å². The Morgan fingerprint density at radius 2 is 1.71 bits per heavy atom. The Hall–Kier alpha value is -3.72. The summed E-state index contributed by atoms with van der Waals surface area (Å²) in [5.74, 6) is 0.783. The first-order valence-electron chi connectivity index (χ1n) is 16.2. The molecule has 7 nitrogen and oxygen atoms in total. The topological polar surface area (TPSA) is 57.2 Å². The molecule has 4 heterocycles. The number of benzene rings is 3. The van der Waals surface area contributed by atoms with Crippen molar-refractivity contribution in [2.24, 2.45) is 14.1 Å². The Morgan fingerprint density at radius 3 is 2.40 bits per heavy atom. The molecule has 0 N–H and O–H groups in total. The van der Waals surface area contributed by atoms with Gasteiger partial charge < -0.3 is 18.8 Å². The molecule has 0 fully saturated rings. The van der Waals surface area contributed by atoms with E-state index in [0.717, 1.165) is 88.4 Å². The standard InChI is InChI=1S/C38H38BrCl2N5O2/c1-20-15-26(16-21(2)35(20)41)48-14-8-9-27-28-11-12-30(40)34(33-23(4)42-44(7)24(33)5)36(28)46-22(3)18-45(38(47)37(27)46)32-19-43(6)31-13-10-25(39)17-29(31)32/h10-13,15-17,19,22H,8-9,14,18H2,1-7H3/t22-/m1/s1. The van der Waals surface area contributed by atoms with E-state index in [0.29, 0.717) is 30.3 Å². The molecule has 1 atom stereocenters. The van der Waals surface area contributed by atoms with E-state index < -0.39 is 0 Å². The highest BCUT2D eigenvalue weighted by molar-refractivity contribution is 9.10. The van der Waals surface area contributed by atoms with Crippen molar-refractivity contribution in [3.8, 4) is 16.9 Å². The zero-order valence-corrected chi connectivity index (χ0v) is 31.3. The number of halogens is 3. The van der Waals surface area contributed by atoms with Crippen LogP contribution in [0.25, 0.3) is 32.9 Å². The first-order chi connectivity index (χ1) is 22.9. The largest absolute Gasteiger partial charge is 0.494 e. The van der Waals surface area contributed by atoms with Crippen molar-refractivity contribution in [1.29, 1.82) is 0 Å². The van der Waals surface area contributed by atoms with E-state index in [9.17, 15) is 4.79 Å². The van der Waals surface area contributed by atoms with Gasteiger partial charge in [0.15, 0.2) is 0 Å². The summed E-state index contributed by atoms with van der Waals surface area (Å²) in [6, 6.07) is 14.2. The third kappa shape index (κ3) is 5.24. The minimum absolute atomic E-state index is 0.0154. The Labute approximate surface area is 299 Å². The molecular weight excluding hydrogens is 709 g/mol. The number of aryl methyl sites for hydroxylation is 6. The number of fused-ring (bicyclic) bond motifs is 4. The molecule has 1 aliphatic rings. The summed E-state index contributed by atoms with van der Waals surface area (Å²) in [6.45, 7) is 11.3. The van der Waals surface area contributed by atoms with Crippen LogP contribution in [0.15, 0.2) is 53.1 Å². The molecule has 0 saturated carbocycles. The number of amides is 1. The van der Waals surface area contributed by atoms with E-state index in [-0.39, 0.29) is 11.9 Å². The first kappa shape index (κ1) is 32.8. The highest BCUT2D eigenvalue weighted by Gasteiger charge is 2.37. The van der Waals surface area contributed by atoms with Crippen molar-refractivity contribution in [3.63, 3.8) is 0 Å². The summed E-state index contributed by atoms with van der Waals surface area (Å²) in [5.41, 5.74) is 10.5. The van der Waals surface area contributed by atoms with Crippen molar-refractivity contribution in [2.75, 3.05) is 18.1 Å². The van der Waals surface area contributed by atoms with Crippen LogP contribution in [0.2, 0.25) is 10.0 Å². The van der Waals surface area contributed by atoms with Gasteiger partial charge in [0.1, 0.15) is 11.4 Å². The third-order valence-electron chi connectivity index (χ3n) is 9.79. The molecule has 248 valence electrons. The molecule has 0 radical (unpaired) electrons. The van der Waals surface area contributed by atoms with Gasteiger partial charge in [-0.2, -0.15) is 5.10 Å². The van der Waals surface area contributed by atoms with E-state index in [1.54, 1.807) is 0 Å². The molecule has 1 aliphatic heterocycles. The van der Waals surface area contributed by atoms with Crippen molar-refractivity contribution < 1.29 is 9.53 Å². The SMILES string of the molecule is Cc1cc(OCCCc2c3n(c4c(-c5c(C)nn(C)c5C)c(Cl)ccc24)[C@H](C)CN(c2cn(C)c4ccc(Br)cc24)C3=O)cc(C)c1Cl. The minimum atomic E-state index is -0.0258. The van der Waals surface area contributed by atoms with E-state index in [2.05, 4.69) is 63.3 Å². The summed E-state index contributed by atoms with van der Waals surface area (Å²) in [4.78, 5) is 16.9. The molecular formula is C38H38BrCl2N5O2. The summed E-state index contributed by atoms with van der Waals surface area (Å²) in [6.07, 6.45) is 3.44. The summed E-state index contributed by atoms with van der Waals surface area (Å²) in [5, 5.41) is 8.20. The average Bonchev–Trinajstić information content (AvgIpc) is 3.63. The fourth-order valence-corrected chi connectivity index (χ4v) is 8.21. The van der Waals surface area contributed by atoms with Gasteiger partial charge in [0.25, 0.3) is 5.91 Å². The van der Waals surface area contributed by atoms with Crippen molar-refractivity contribution >= 4 is 72.5 Å². The second-order valence-electron chi connectivity index (χ2n) is 13.1. The number of carbonyl (C=O) groups is 1. The highest BCUT2D eigenvalue weighted by atomic mass is 79.9. The number of ether oxygens (including phenoxy) is 1. The van der Waals surface area contributed by atoms with Gasteiger partial charge in [-0.15, -0.1) is 0 Å². The number of aromatic nitrogens is 4. The van der Waals surface area contributed by atoms with Gasteiger partial charge in [-0.3, -0.25) is 9.48 Å². The number of hydrogen-bond acceptors (Lipinski definition) is 3.